The van der Waals surface area contributed by atoms with Crippen LogP contribution in [0.5, 0.6) is 0 Å². The first kappa shape index (κ1) is 30.9. The van der Waals surface area contributed by atoms with Crippen molar-refractivity contribution in [2.24, 2.45) is 0 Å². The number of hydrogen-bond donors (Lipinski definition) is 0. The molecule has 46 heavy (non-hydrogen) atoms. The Kier molecular flexibility index (Phi) is 9.04. The number of allylic oxidation sites excluding steroid dienone is 5. The zero-order valence-corrected chi connectivity index (χ0v) is 27.9. The average molecular weight is 598 g/mol. The lowest BCUT2D eigenvalue weighted by Crippen LogP contribution is -1.98. The Morgan fingerprint density at radius 1 is 0.674 bits per heavy atom. The molecule has 0 radical (unpaired) electrons. The second kappa shape index (κ2) is 13.5. The van der Waals surface area contributed by atoms with E-state index in [1.165, 1.54) is 77.8 Å². The van der Waals surface area contributed by atoms with Crippen molar-refractivity contribution in [3.8, 4) is 28.1 Å². The van der Waals surface area contributed by atoms with E-state index in [1.807, 2.05) is 0 Å². The summed E-state index contributed by atoms with van der Waals surface area (Å²) in [6, 6.07) is 44.4. The molecule has 0 bridgehead atoms. The number of para-hydroxylation sites is 1. The van der Waals surface area contributed by atoms with Crippen molar-refractivity contribution in [2.75, 3.05) is 0 Å². The minimum atomic E-state index is 1.03. The molecule has 0 fully saturated rings. The first-order valence-electron chi connectivity index (χ1n) is 16.4. The fourth-order valence-corrected chi connectivity index (χ4v) is 6.35. The summed E-state index contributed by atoms with van der Waals surface area (Å²) in [5, 5.41) is 1.23. The van der Waals surface area contributed by atoms with Crippen molar-refractivity contribution in [2.45, 2.75) is 48.0 Å². The molecule has 0 saturated carbocycles. The van der Waals surface area contributed by atoms with E-state index in [2.05, 4.69) is 186 Å². The largest absolute Gasteiger partial charge is 0.309 e. The predicted octanol–water partition coefficient (Wildman–Crippen LogP) is 12.9. The first-order chi connectivity index (χ1) is 22.4. The topological polar surface area (TPSA) is 4.93 Å². The van der Waals surface area contributed by atoms with Crippen LogP contribution in [-0.4, -0.2) is 4.57 Å². The van der Waals surface area contributed by atoms with Gasteiger partial charge in [-0.15, -0.1) is 0 Å². The second-order valence-electron chi connectivity index (χ2n) is 12.3. The zero-order valence-electron chi connectivity index (χ0n) is 27.9. The van der Waals surface area contributed by atoms with E-state index in [1.54, 1.807) is 0 Å². The third-order valence-corrected chi connectivity index (χ3v) is 9.18. The maximum Gasteiger partial charge on any atom is 0.0541 e. The van der Waals surface area contributed by atoms with E-state index in [0.29, 0.717) is 0 Å². The van der Waals surface area contributed by atoms with Crippen LogP contribution in [0.3, 0.4) is 0 Å². The van der Waals surface area contributed by atoms with Gasteiger partial charge in [0, 0.05) is 11.1 Å². The van der Waals surface area contributed by atoms with Crippen molar-refractivity contribution in [3.05, 3.63) is 167 Å². The summed E-state index contributed by atoms with van der Waals surface area (Å²) in [6.45, 7) is 13.2. The number of hydrogen-bond acceptors (Lipinski definition) is 0. The molecule has 1 heterocycles. The van der Waals surface area contributed by atoms with Gasteiger partial charge in [0.05, 0.1) is 11.2 Å². The molecule has 0 unspecified atom stereocenters. The number of fused-ring (bicyclic) bond motifs is 1. The maximum atomic E-state index is 2.41. The van der Waals surface area contributed by atoms with Gasteiger partial charge in [-0.1, -0.05) is 110 Å². The van der Waals surface area contributed by atoms with E-state index in [9.17, 15) is 0 Å². The number of rotatable bonds is 8. The van der Waals surface area contributed by atoms with E-state index < -0.39 is 0 Å². The molecule has 6 rings (SSSR count). The van der Waals surface area contributed by atoms with Crippen LogP contribution >= 0.6 is 0 Å². The lowest BCUT2D eigenvalue weighted by Gasteiger charge is -2.15. The third kappa shape index (κ3) is 6.19. The second-order valence-corrected chi connectivity index (χ2v) is 12.3. The molecule has 0 N–H and O–H groups in total. The van der Waals surface area contributed by atoms with Crippen LogP contribution in [0, 0.1) is 13.8 Å². The van der Waals surface area contributed by atoms with Crippen LogP contribution in [-0.2, 0) is 0 Å². The Labute approximate surface area is 274 Å². The summed E-state index contributed by atoms with van der Waals surface area (Å²) in [6.07, 6.45) is 7.75. The average Bonchev–Trinajstić information content (AvgIpc) is 3.48. The highest BCUT2D eigenvalue weighted by molar-refractivity contribution is 5.93. The van der Waals surface area contributed by atoms with E-state index in [-0.39, 0.29) is 0 Å². The summed E-state index contributed by atoms with van der Waals surface area (Å²) in [5.41, 5.74) is 17.6. The van der Waals surface area contributed by atoms with Crippen molar-refractivity contribution in [1.29, 1.82) is 0 Å². The van der Waals surface area contributed by atoms with Gasteiger partial charge in [0.2, 0.25) is 0 Å². The number of nitrogens with zero attached hydrogens (tertiary/aromatic N) is 1. The molecule has 1 heteroatoms. The molecule has 0 aliphatic rings. The Hall–Kier alpha value is -5.14. The molecule has 0 amide bonds. The Morgan fingerprint density at radius 3 is 2.04 bits per heavy atom. The number of aromatic nitrogens is 1. The Balaban J connectivity index is 1.50. The summed E-state index contributed by atoms with van der Waals surface area (Å²) < 4.78 is 2.41. The molecular weight excluding hydrogens is 555 g/mol. The summed E-state index contributed by atoms with van der Waals surface area (Å²) >= 11 is 0. The molecular formula is C45H43N. The van der Waals surface area contributed by atoms with Gasteiger partial charge in [-0.3, -0.25) is 0 Å². The lowest BCUT2D eigenvalue weighted by molar-refractivity contribution is 1.10. The quantitative estimate of drug-likeness (QED) is 0.121. The van der Waals surface area contributed by atoms with Crippen molar-refractivity contribution in [3.63, 3.8) is 0 Å². The van der Waals surface area contributed by atoms with E-state index in [4.69, 9.17) is 0 Å². The van der Waals surface area contributed by atoms with Crippen LogP contribution in [0.2, 0.25) is 0 Å². The van der Waals surface area contributed by atoms with Crippen LogP contribution in [0.4, 0.5) is 0 Å². The smallest absolute Gasteiger partial charge is 0.0541 e. The summed E-state index contributed by atoms with van der Waals surface area (Å²) in [5.74, 6) is 0. The predicted molar refractivity (Wildman–Crippen MR) is 201 cm³/mol. The number of benzene rings is 5. The Bertz CT molecular complexity index is 2100. The standard InChI is InChI=1S/C45H43N/c1-7-15-42(31(3)8-2)43-29-38(23-21-33(43)5)45-30-40-28-37(24-25-44(40)46(45)41-18-13-10-14-19-41)36-22-20-32(4)39(27-36)26-34(6)35-16-11-9-12-17-35/h7,9-30H,8H2,1-6H3/b15-7-,34-26+,42-31+. The van der Waals surface area contributed by atoms with Gasteiger partial charge in [0.15, 0.2) is 0 Å². The molecule has 0 aliphatic carbocycles. The zero-order chi connectivity index (χ0) is 32.2. The highest BCUT2D eigenvalue weighted by Crippen LogP contribution is 2.37. The molecule has 1 nitrogen and oxygen atoms in total. The molecule has 228 valence electrons. The van der Waals surface area contributed by atoms with Gasteiger partial charge in [-0.05, 0) is 139 Å². The SMILES string of the molecule is C/C=C\C(=C(\C)CC)c1cc(-c2cc3cc(-c4ccc(C)c(/C=C(\C)c5ccccc5)c4)ccc3n2-c2ccccc2)ccc1C. The van der Waals surface area contributed by atoms with Gasteiger partial charge in [-0.25, -0.2) is 0 Å². The molecule has 0 atom stereocenters. The monoisotopic (exact) mass is 597 g/mol. The van der Waals surface area contributed by atoms with Crippen LogP contribution in [0.1, 0.15) is 61.9 Å². The maximum absolute atomic E-state index is 2.41. The van der Waals surface area contributed by atoms with Gasteiger partial charge >= 0.3 is 0 Å². The minimum absolute atomic E-state index is 1.03. The highest BCUT2D eigenvalue weighted by atomic mass is 15.0. The van der Waals surface area contributed by atoms with E-state index in [0.717, 1.165) is 12.1 Å². The third-order valence-electron chi connectivity index (χ3n) is 9.18. The lowest BCUT2D eigenvalue weighted by atomic mass is 9.92. The number of aryl methyl sites for hydroxylation is 2. The van der Waals surface area contributed by atoms with Gasteiger partial charge in [0.25, 0.3) is 0 Å². The van der Waals surface area contributed by atoms with Crippen LogP contribution in [0.15, 0.2) is 139 Å². The fourth-order valence-electron chi connectivity index (χ4n) is 6.35. The minimum Gasteiger partial charge on any atom is -0.309 e. The van der Waals surface area contributed by atoms with Gasteiger partial charge < -0.3 is 4.57 Å². The van der Waals surface area contributed by atoms with Crippen molar-refractivity contribution >= 4 is 28.1 Å². The van der Waals surface area contributed by atoms with Crippen LogP contribution < -0.4 is 0 Å². The van der Waals surface area contributed by atoms with Crippen LogP contribution in [0.25, 0.3) is 56.2 Å². The first-order valence-corrected chi connectivity index (χ1v) is 16.4. The summed E-state index contributed by atoms with van der Waals surface area (Å²) in [7, 11) is 0. The summed E-state index contributed by atoms with van der Waals surface area (Å²) in [4.78, 5) is 0. The van der Waals surface area contributed by atoms with E-state index >= 15 is 0 Å². The molecule has 6 aromatic rings. The molecule has 0 spiro atoms. The van der Waals surface area contributed by atoms with Crippen molar-refractivity contribution in [1.82, 2.24) is 4.57 Å². The highest BCUT2D eigenvalue weighted by Gasteiger charge is 2.16. The van der Waals surface area contributed by atoms with Gasteiger partial charge in [-0.2, -0.15) is 0 Å². The van der Waals surface area contributed by atoms with Crippen molar-refractivity contribution < 1.29 is 0 Å². The van der Waals surface area contributed by atoms with Gasteiger partial charge in [0.1, 0.15) is 0 Å². The molecule has 1 aromatic heterocycles. The molecule has 0 aliphatic heterocycles. The Morgan fingerprint density at radius 2 is 1.33 bits per heavy atom. The molecule has 5 aromatic carbocycles. The fraction of sp³-hybridized carbons (Fsp3) is 0.156. The molecule has 0 saturated heterocycles. The normalized spacial score (nSPS) is 12.6.